The average molecular weight is 207 g/mol. The van der Waals surface area contributed by atoms with E-state index in [0.717, 1.165) is 6.42 Å². The molecule has 0 aromatic heterocycles. The molecule has 1 aromatic carbocycles. The van der Waals surface area contributed by atoms with Crippen LogP contribution in [0, 0.1) is 13.8 Å². The number of nitrogens with two attached hydrogens (primary N) is 1. The van der Waals surface area contributed by atoms with Crippen molar-refractivity contribution in [3.05, 3.63) is 34.9 Å². The topological polar surface area (TPSA) is 35.2 Å². The van der Waals surface area contributed by atoms with Crippen LogP contribution in [0.1, 0.15) is 30.0 Å². The minimum absolute atomic E-state index is 0.163. The summed E-state index contributed by atoms with van der Waals surface area (Å²) in [6.07, 6.45) is 0.965. The first kappa shape index (κ1) is 12.2. The van der Waals surface area contributed by atoms with Gasteiger partial charge in [0.25, 0.3) is 0 Å². The monoisotopic (exact) mass is 207 g/mol. The van der Waals surface area contributed by atoms with Gasteiger partial charge < -0.3 is 10.5 Å². The predicted octanol–water partition coefficient (Wildman–Crippen LogP) is 2.56. The van der Waals surface area contributed by atoms with Crippen molar-refractivity contribution in [2.75, 3.05) is 6.61 Å². The van der Waals surface area contributed by atoms with E-state index in [1.165, 1.54) is 16.7 Å². The Kier molecular flexibility index (Phi) is 4.79. The Bertz CT molecular complexity index is 309. The molecular formula is C13H21NO. The van der Waals surface area contributed by atoms with Crippen molar-refractivity contribution in [3.8, 4) is 0 Å². The fourth-order valence-electron chi connectivity index (χ4n) is 1.34. The maximum absolute atomic E-state index is 5.77. The van der Waals surface area contributed by atoms with Crippen molar-refractivity contribution in [2.24, 2.45) is 5.73 Å². The van der Waals surface area contributed by atoms with E-state index in [1.54, 1.807) is 0 Å². The lowest BCUT2D eigenvalue weighted by atomic mass is 10.1. The molecule has 0 unspecified atom stereocenters. The maximum atomic E-state index is 5.77. The van der Waals surface area contributed by atoms with Crippen molar-refractivity contribution in [1.82, 2.24) is 0 Å². The van der Waals surface area contributed by atoms with Gasteiger partial charge in [-0.1, -0.05) is 25.1 Å². The van der Waals surface area contributed by atoms with Crippen LogP contribution in [-0.2, 0) is 11.3 Å². The molecule has 1 aromatic rings. The molecule has 0 spiro atoms. The quantitative estimate of drug-likeness (QED) is 0.805. The molecule has 1 rings (SSSR count). The molecule has 1 atom stereocenters. The van der Waals surface area contributed by atoms with Crippen molar-refractivity contribution in [2.45, 2.75) is 39.8 Å². The Hall–Kier alpha value is -0.860. The summed E-state index contributed by atoms with van der Waals surface area (Å²) >= 11 is 0. The van der Waals surface area contributed by atoms with Gasteiger partial charge in [0.05, 0.1) is 13.2 Å². The number of rotatable bonds is 5. The average Bonchev–Trinajstić information content (AvgIpc) is 2.23. The van der Waals surface area contributed by atoms with E-state index in [4.69, 9.17) is 10.5 Å². The van der Waals surface area contributed by atoms with E-state index >= 15 is 0 Å². The third-order valence-corrected chi connectivity index (χ3v) is 2.70. The molecule has 0 fully saturated rings. The van der Waals surface area contributed by atoms with Crippen LogP contribution in [0.15, 0.2) is 18.2 Å². The van der Waals surface area contributed by atoms with Gasteiger partial charge in [0, 0.05) is 6.04 Å². The second-order valence-corrected chi connectivity index (χ2v) is 4.10. The highest BCUT2D eigenvalue weighted by Crippen LogP contribution is 2.10. The molecular weight excluding hydrogens is 186 g/mol. The summed E-state index contributed by atoms with van der Waals surface area (Å²) in [5.41, 5.74) is 9.63. The van der Waals surface area contributed by atoms with Gasteiger partial charge in [0.1, 0.15) is 0 Å². The Balaban J connectivity index is 2.41. The summed E-state index contributed by atoms with van der Waals surface area (Å²) < 4.78 is 5.54. The van der Waals surface area contributed by atoms with E-state index < -0.39 is 0 Å². The summed E-state index contributed by atoms with van der Waals surface area (Å²) in [7, 11) is 0. The number of hydrogen-bond donors (Lipinski definition) is 1. The molecule has 2 N–H and O–H groups in total. The van der Waals surface area contributed by atoms with E-state index in [2.05, 4.69) is 39.0 Å². The van der Waals surface area contributed by atoms with Crippen LogP contribution in [0.2, 0.25) is 0 Å². The Morgan fingerprint density at radius 3 is 2.60 bits per heavy atom. The molecule has 0 saturated carbocycles. The molecule has 2 heteroatoms. The Morgan fingerprint density at radius 2 is 2.00 bits per heavy atom. The van der Waals surface area contributed by atoms with Gasteiger partial charge in [-0.25, -0.2) is 0 Å². The lowest BCUT2D eigenvalue weighted by Crippen LogP contribution is -2.24. The van der Waals surface area contributed by atoms with E-state index in [9.17, 15) is 0 Å². The summed E-state index contributed by atoms with van der Waals surface area (Å²) in [5.74, 6) is 0. The smallest absolute Gasteiger partial charge is 0.0717 e. The summed E-state index contributed by atoms with van der Waals surface area (Å²) in [6, 6.07) is 6.58. The first-order valence-corrected chi connectivity index (χ1v) is 5.53. The Morgan fingerprint density at radius 1 is 1.27 bits per heavy atom. The van der Waals surface area contributed by atoms with Crippen LogP contribution in [0.3, 0.4) is 0 Å². The first-order chi connectivity index (χ1) is 7.13. The largest absolute Gasteiger partial charge is 0.375 e. The molecule has 0 radical (unpaired) electrons. The van der Waals surface area contributed by atoms with Crippen LogP contribution in [0.5, 0.6) is 0 Å². The first-order valence-electron chi connectivity index (χ1n) is 5.53. The number of benzene rings is 1. The third-order valence-electron chi connectivity index (χ3n) is 2.70. The fraction of sp³-hybridized carbons (Fsp3) is 0.538. The van der Waals surface area contributed by atoms with Gasteiger partial charge in [0.2, 0.25) is 0 Å². The number of aryl methyl sites for hydroxylation is 2. The zero-order valence-corrected chi connectivity index (χ0v) is 9.92. The molecule has 0 saturated heterocycles. The lowest BCUT2D eigenvalue weighted by molar-refractivity contribution is 0.107. The van der Waals surface area contributed by atoms with E-state index in [-0.39, 0.29) is 6.04 Å². The highest BCUT2D eigenvalue weighted by atomic mass is 16.5. The van der Waals surface area contributed by atoms with Crippen LogP contribution in [0.25, 0.3) is 0 Å². The SMILES string of the molecule is CC[C@@H](N)COCc1ccc(C)c(C)c1. The highest BCUT2D eigenvalue weighted by Gasteiger charge is 2.00. The molecule has 0 aliphatic rings. The van der Waals surface area contributed by atoms with Crippen LogP contribution >= 0.6 is 0 Å². The van der Waals surface area contributed by atoms with Crippen molar-refractivity contribution >= 4 is 0 Å². The second kappa shape index (κ2) is 5.89. The molecule has 0 amide bonds. The van der Waals surface area contributed by atoms with Crippen LogP contribution < -0.4 is 5.73 Å². The van der Waals surface area contributed by atoms with Gasteiger partial charge in [-0.2, -0.15) is 0 Å². The molecule has 0 aliphatic carbocycles. The standard InChI is InChI=1S/C13H21NO/c1-4-13(14)9-15-8-12-6-5-10(2)11(3)7-12/h5-7,13H,4,8-9,14H2,1-3H3/t13-/m1/s1. The summed E-state index contributed by atoms with van der Waals surface area (Å²) in [6.45, 7) is 7.62. The molecule has 0 aliphatic heterocycles. The third kappa shape index (κ3) is 4.02. The Labute approximate surface area is 92.4 Å². The zero-order valence-electron chi connectivity index (χ0n) is 9.92. The van der Waals surface area contributed by atoms with Crippen molar-refractivity contribution in [1.29, 1.82) is 0 Å². The number of hydrogen-bond acceptors (Lipinski definition) is 2. The number of ether oxygens (including phenoxy) is 1. The summed E-state index contributed by atoms with van der Waals surface area (Å²) in [4.78, 5) is 0. The van der Waals surface area contributed by atoms with Crippen molar-refractivity contribution in [3.63, 3.8) is 0 Å². The van der Waals surface area contributed by atoms with Crippen LogP contribution in [-0.4, -0.2) is 12.6 Å². The zero-order chi connectivity index (χ0) is 11.3. The van der Waals surface area contributed by atoms with Gasteiger partial charge in [-0.05, 0) is 37.0 Å². The van der Waals surface area contributed by atoms with Gasteiger partial charge >= 0.3 is 0 Å². The molecule has 0 heterocycles. The highest BCUT2D eigenvalue weighted by molar-refractivity contribution is 5.29. The van der Waals surface area contributed by atoms with Crippen LogP contribution in [0.4, 0.5) is 0 Å². The molecule has 0 bridgehead atoms. The molecule has 84 valence electrons. The summed E-state index contributed by atoms with van der Waals surface area (Å²) in [5, 5.41) is 0. The van der Waals surface area contributed by atoms with Gasteiger partial charge in [0.15, 0.2) is 0 Å². The minimum atomic E-state index is 0.163. The second-order valence-electron chi connectivity index (χ2n) is 4.10. The normalized spacial score (nSPS) is 12.8. The van der Waals surface area contributed by atoms with E-state index in [1.807, 2.05) is 0 Å². The van der Waals surface area contributed by atoms with Crippen molar-refractivity contribution < 1.29 is 4.74 Å². The maximum Gasteiger partial charge on any atom is 0.0717 e. The van der Waals surface area contributed by atoms with E-state index in [0.29, 0.717) is 13.2 Å². The molecule has 15 heavy (non-hydrogen) atoms. The minimum Gasteiger partial charge on any atom is -0.375 e. The predicted molar refractivity (Wildman–Crippen MR) is 63.8 cm³/mol. The van der Waals surface area contributed by atoms with Gasteiger partial charge in [-0.3, -0.25) is 0 Å². The van der Waals surface area contributed by atoms with Gasteiger partial charge in [-0.15, -0.1) is 0 Å². The molecule has 2 nitrogen and oxygen atoms in total. The fourth-order valence-corrected chi connectivity index (χ4v) is 1.34. The lowest BCUT2D eigenvalue weighted by Gasteiger charge is -2.10.